The second-order valence-corrected chi connectivity index (χ2v) is 0.933. The van der Waals surface area contributed by atoms with Crippen LogP contribution >= 0.6 is 11.6 Å². The van der Waals surface area contributed by atoms with Crippen LogP contribution in [0.5, 0.6) is 0 Å². The van der Waals surface area contributed by atoms with Gasteiger partial charge in [0.25, 0.3) is 0 Å². The van der Waals surface area contributed by atoms with Crippen LogP contribution < -0.4 is 0 Å². The van der Waals surface area contributed by atoms with Gasteiger partial charge in [-0.2, -0.15) is 5.26 Å². The summed E-state index contributed by atoms with van der Waals surface area (Å²) in [5.41, 5.74) is -1.36. The molecule has 0 aliphatic heterocycles. The first-order valence-electron chi connectivity index (χ1n) is 1.63. The molecule has 0 fully saturated rings. The molecule has 5 N–H and O–H groups in total. The van der Waals surface area contributed by atoms with E-state index in [0.29, 0.717) is 0 Å². The summed E-state index contributed by atoms with van der Waals surface area (Å²) in [6.07, 6.45) is -1.69. The molecule has 0 radical (unpaired) electrons. The Kier molecular flexibility index (Phi) is 23.9. The van der Waals surface area contributed by atoms with Gasteiger partial charge >= 0.3 is 11.6 Å². The molecule has 0 aromatic carbocycles. The maximum absolute atomic E-state index is 8.90. The highest BCUT2D eigenvalue weighted by Gasteiger charge is 1.84. The lowest BCUT2D eigenvalue weighted by molar-refractivity contribution is -0.194. The van der Waals surface area contributed by atoms with Crippen molar-refractivity contribution < 1.29 is 40.5 Å². The van der Waals surface area contributed by atoms with E-state index < -0.39 is 11.6 Å². The molecule has 0 aliphatic rings. The molecule has 0 unspecified atom stereocenters. The van der Waals surface area contributed by atoms with Crippen molar-refractivity contribution in [2.75, 3.05) is 0 Å². The van der Waals surface area contributed by atoms with Gasteiger partial charge in [0.05, 0.1) is 0 Å². The van der Waals surface area contributed by atoms with Crippen molar-refractivity contribution in [2.24, 2.45) is 0 Å². The van der Waals surface area contributed by atoms with E-state index in [2.05, 4.69) is 16.5 Å². The monoisotopic (exact) mass is 192 g/mol. The first kappa shape index (κ1) is 16.5. The topological polar surface area (TPSA) is 145 Å². The zero-order valence-electron chi connectivity index (χ0n) is 4.84. The Morgan fingerprint density at radius 1 is 1.18 bits per heavy atom. The van der Waals surface area contributed by atoms with E-state index in [9.17, 15) is 0 Å². The molecular formula is C2H5ClO8. The van der Waals surface area contributed by atoms with E-state index in [1.165, 1.54) is 0 Å². The highest BCUT2D eigenvalue weighted by Crippen LogP contribution is 1.67. The van der Waals surface area contributed by atoms with Gasteiger partial charge in [-0.25, -0.2) is 9.59 Å². The van der Waals surface area contributed by atoms with Gasteiger partial charge in [0, 0.05) is 11.6 Å². The number of carboxylic acid groups (broad SMARTS) is 2. The second kappa shape index (κ2) is 16.0. The molecule has 0 atom stereocenters. The number of rotatable bonds is 0. The predicted octanol–water partition coefficient (Wildman–Crippen LogP) is 1.07. The lowest BCUT2D eigenvalue weighted by Crippen LogP contribution is -1.91. The molecule has 0 saturated carbocycles. The van der Waals surface area contributed by atoms with Crippen molar-refractivity contribution in [2.45, 2.75) is 0 Å². The fraction of sp³-hybridized carbons (Fsp3) is 0. The third-order valence-electron chi connectivity index (χ3n) is 0.0781. The van der Waals surface area contributed by atoms with Gasteiger partial charge in [-0.05, 0) is 0 Å². The molecule has 11 heavy (non-hydrogen) atoms. The molecule has 0 amide bonds. The van der Waals surface area contributed by atoms with Gasteiger partial charge in [-0.15, -0.1) is 0 Å². The van der Waals surface area contributed by atoms with E-state index in [0.717, 1.165) is 0 Å². The zero-order chi connectivity index (χ0) is 9.86. The molecule has 0 aliphatic carbocycles. The number of carbonyl (C=O) groups is 2. The fourth-order valence-corrected chi connectivity index (χ4v) is 0. The van der Waals surface area contributed by atoms with Crippen LogP contribution in [-0.4, -0.2) is 37.6 Å². The summed E-state index contributed by atoms with van der Waals surface area (Å²) in [7, 11) is 0. The molecule has 68 valence electrons. The van der Waals surface area contributed by atoms with Crippen molar-refractivity contribution >= 4 is 23.2 Å². The Balaban J connectivity index is -0.0000000965. The molecule has 0 aromatic heterocycles. The number of hydrogen-bond donors (Lipinski definition) is 5. The summed E-state index contributed by atoms with van der Waals surface area (Å²) < 4.78 is 0. The van der Waals surface area contributed by atoms with Crippen molar-refractivity contribution in [3.63, 3.8) is 0 Å². The standard InChI is InChI=1S/CHClO2.CH2O4.H2O2/c2-1(3)4;2-1(3)5-4;1-2/h(H,3,4);4H,(H,2,3);1-2H. The maximum Gasteiger partial charge on any atom is 0.537 e. The molecule has 0 spiro atoms. The minimum atomic E-state index is -1.69. The summed E-state index contributed by atoms with van der Waals surface area (Å²) in [6.45, 7) is 0. The van der Waals surface area contributed by atoms with Gasteiger partial charge in [0.15, 0.2) is 0 Å². The van der Waals surface area contributed by atoms with Gasteiger partial charge in [-0.3, -0.25) is 15.4 Å². The highest BCUT2D eigenvalue weighted by molar-refractivity contribution is 6.60. The van der Waals surface area contributed by atoms with E-state index in [1.807, 2.05) is 0 Å². The smallest absolute Gasteiger partial charge is 0.469 e. The van der Waals surface area contributed by atoms with E-state index >= 15 is 0 Å². The number of hydrogen-bond acceptors (Lipinski definition) is 6. The van der Waals surface area contributed by atoms with Crippen LogP contribution in [0, 0.1) is 0 Å². The van der Waals surface area contributed by atoms with Gasteiger partial charge in [0.1, 0.15) is 0 Å². The Hall–Kier alpha value is -1.09. The van der Waals surface area contributed by atoms with Crippen molar-refractivity contribution in [1.29, 1.82) is 0 Å². The second-order valence-electron chi connectivity index (χ2n) is 0.610. The van der Waals surface area contributed by atoms with Crippen LogP contribution in [0.25, 0.3) is 0 Å². The third kappa shape index (κ3) is 514. The molecule has 0 rings (SSSR count). The highest BCUT2D eigenvalue weighted by atomic mass is 35.5. The molecule has 0 aromatic rings. The van der Waals surface area contributed by atoms with Gasteiger partial charge in [0.2, 0.25) is 0 Å². The van der Waals surface area contributed by atoms with Gasteiger partial charge in [-0.1, -0.05) is 0 Å². The van der Waals surface area contributed by atoms with Crippen LogP contribution in [0.2, 0.25) is 0 Å². The number of halogens is 1. The average molecular weight is 193 g/mol. The molecular weight excluding hydrogens is 187 g/mol. The lowest BCUT2D eigenvalue weighted by Gasteiger charge is -1.75. The van der Waals surface area contributed by atoms with Crippen LogP contribution in [0.4, 0.5) is 9.59 Å². The minimum Gasteiger partial charge on any atom is -0.469 e. The predicted molar refractivity (Wildman–Crippen MR) is 30.9 cm³/mol. The quantitative estimate of drug-likeness (QED) is 0.218. The summed E-state index contributed by atoms with van der Waals surface area (Å²) in [5, 5.41) is 33.5. The van der Waals surface area contributed by atoms with E-state index in [1.54, 1.807) is 0 Å². The van der Waals surface area contributed by atoms with Crippen molar-refractivity contribution in [3.8, 4) is 0 Å². The molecule has 0 saturated heterocycles. The van der Waals surface area contributed by atoms with Gasteiger partial charge < -0.3 is 10.2 Å². The van der Waals surface area contributed by atoms with Crippen LogP contribution in [0.15, 0.2) is 0 Å². The van der Waals surface area contributed by atoms with Crippen LogP contribution in [0.3, 0.4) is 0 Å². The van der Waals surface area contributed by atoms with E-state index in [-0.39, 0.29) is 0 Å². The summed E-state index contributed by atoms with van der Waals surface area (Å²) in [4.78, 5) is 20.3. The van der Waals surface area contributed by atoms with Crippen LogP contribution in [-0.2, 0) is 4.89 Å². The van der Waals surface area contributed by atoms with Crippen molar-refractivity contribution in [3.05, 3.63) is 0 Å². The van der Waals surface area contributed by atoms with Crippen molar-refractivity contribution in [1.82, 2.24) is 0 Å². The van der Waals surface area contributed by atoms with Crippen LogP contribution in [0.1, 0.15) is 0 Å². The summed E-state index contributed by atoms with van der Waals surface area (Å²) in [5.74, 6) is 0. The van der Waals surface area contributed by atoms with E-state index in [4.69, 9.17) is 35.6 Å². The molecule has 0 heterocycles. The first-order valence-corrected chi connectivity index (χ1v) is 2.01. The zero-order valence-corrected chi connectivity index (χ0v) is 5.59. The molecule has 8 nitrogen and oxygen atoms in total. The SMILES string of the molecule is O=C(O)Cl.O=C(O)OO.OO. The Morgan fingerprint density at radius 3 is 1.27 bits per heavy atom. The Bertz CT molecular complexity index is 96.3. The molecule has 9 heteroatoms. The normalized spacial score (nSPS) is 5.82. The largest absolute Gasteiger partial charge is 0.537 e. The summed E-state index contributed by atoms with van der Waals surface area (Å²) >= 11 is 4.19. The Labute approximate surface area is 64.7 Å². The maximum atomic E-state index is 8.90. The molecule has 0 bridgehead atoms. The first-order chi connectivity index (χ1) is 5.00. The average Bonchev–Trinajstić information content (AvgIpc) is 1.91. The third-order valence-corrected chi connectivity index (χ3v) is 0.0781. The Morgan fingerprint density at radius 2 is 1.27 bits per heavy atom. The minimum absolute atomic E-state index is 1.36. The fourth-order valence-electron chi connectivity index (χ4n) is 0. The summed E-state index contributed by atoms with van der Waals surface area (Å²) in [6, 6.07) is 0. The lowest BCUT2D eigenvalue weighted by atomic mass is 11.5.